The lowest BCUT2D eigenvalue weighted by molar-refractivity contribution is -0.141. The number of hydrazine groups is 1. The highest BCUT2D eigenvalue weighted by molar-refractivity contribution is 7.99. The van der Waals surface area contributed by atoms with Gasteiger partial charge in [0.15, 0.2) is 0 Å². The van der Waals surface area contributed by atoms with E-state index in [0.29, 0.717) is 5.70 Å². The summed E-state index contributed by atoms with van der Waals surface area (Å²) >= 11 is 3.51. The number of hydrogen-bond acceptors (Lipinski definition) is 8. The first kappa shape index (κ1) is 19.8. The molecule has 0 radical (unpaired) electrons. The molecule has 3 rings (SSSR count). The molecule has 1 saturated heterocycles. The normalized spacial score (nSPS) is 17.9. The number of rotatable bonds is 7. The minimum absolute atomic E-state index is 0.0254. The molecular formula is C19H24N4O2S2. The number of carbonyl (C=O) groups is 1. The monoisotopic (exact) mass is 404 g/mol. The lowest BCUT2D eigenvalue weighted by Gasteiger charge is -2.24. The summed E-state index contributed by atoms with van der Waals surface area (Å²) in [5.74, 6) is 5.44. The quantitative estimate of drug-likeness (QED) is 0.317. The highest BCUT2D eigenvalue weighted by Crippen LogP contribution is 2.39. The smallest absolute Gasteiger partial charge is 0.326 e. The van der Waals surface area contributed by atoms with Crippen LogP contribution in [0.5, 0.6) is 0 Å². The summed E-state index contributed by atoms with van der Waals surface area (Å²) in [7, 11) is 1.34. The molecule has 1 aromatic heterocycles. The molecule has 4 N–H and O–H groups in total. The first-order valence-corrected chi connectivity index (χ1v) is 10.3. The van der Waals surface area contributed by atoms with Crippen LogP contribution < -0.4 is 11.6 Å². The van der Waals surface area contributed by atoms with Crippen molar-refractivity contribution in [2.24, 2.45) is 11.6 Å². The summed E-state index contributed by atoms with van der Waals surface area (Å²) < 4.78 is 8.14. The number of carbonyl (C=O) groups excluding carboxylic acids is 1. The van der Waals surface area contributed by atoms with E-state index in [-0.39, 0.29) is 12.6 Å². The van der Waals surface area contributed by atoms with Crippen molar-refractivity contribution in [3.63, 3.8) is 0 Å². The summed E-state index contributed by atoms with van der Waals surface area (Å²) in [5, 5.41) is 1.28. The van der Waals surface area contributed by atoms with Crippen LogP contribution in [0.3, 0.4) is 0 Å². The molecule has 0 amide bonds. The summed E-state index contributed by atoms with van der Waals surface area (Å²) in [4.78, 5) is 12.6. The highest BCUT2D eigenvalue weighted by atomic mass is 32.2. The predicted octanol–water partition coefficient (Wildman–Crippen LogP) is 3.04. The van der Waals surface area contributed by atoms with Gasteiger partial charge in [0.2, 0.25) is 0 Å². The van der Waals surface area contributed by atoms with Crippen molar-refractivity contribution >= 4 is 29.3 Å². The summed E-state index contributed by atoms with van der Waals surface area (Å²) in [6.45, 7) is 0.937. The molecule has 0 saturated carbocycles. The number of thiophene rings is 1. The second kappa shape index (κ2) is 9.27. The van der Waals surface area contributed by atoms with Crippen molar-refractivity contribution in [1.29, 1.82) is 0 Å². The van der Waals surface area contributed by atoms with Crippen LogP contribution >= 0.6 is 23.3 Å². The van der Waals surface area contributed by atoms with Gasteiger partial charge in [-0.2, -0.15) is 0 Å². The molecule has 1 aliphatic heterocycles. The topological polar surface area (TPSA) is 84.8 Å². The first-order valence-electron chi connectivity index (χ1n) is 8.72. The number of nitrogens with two attached hydrogens (primary N) is 2. The Morgan fingerprint density at radius 1 is 1.37 bits per heavy atom. The van der Waals surface area contributed by atoms with Gasteiger partial charge in [-0.25, -0.2) is 10.1 Å². The molecule has 144 valence electrons. The number of hydrogen-bond donors (Lipinski definition) is 2. The Morgan fingerprint density at radius 3 is 2.89 bits per heavy atom. The van der Waals surface area contributed by atoms with E-state index in [4.69, 9.17) is 11.6 Å². The van der Waals surface area contributed by atoms with Crippen molar-refractivity contribution in [2.75, 3.05) is 20.2 Å². The van der Waals surface area contributed by atoms with Gasteiger partial charge >= 0.3 is 5.97 Å². The Morgan fingerprint density at radius 2 is 2.15 bits per heavy atom. The molecule has 1 aliphatic rings. The Hall–Kier alpha value is -2.00. The molecule has 8 heteroatoms. The number of benzene rings is 1. The van der Waals surface area contributed by atoms with Gasteiger partial charge in [-0.3, -0.25) is 4.79 Å². The van der Waals surface area contributed by atoms with Gasteiger partial charge in [0, 0.05) is 23.3 Å². The summed E-state index contributed by atoms with van der Waals surface area (Å²) in [6, 6.07) is 14.8. The van der Waals surface area contributed by atoms with Gasteiger partial charge in [0.25, 0.3) is 0 Å². The molecule has 2 aromatic rings. The molecule has 0 bridgehead atoms. The van der Waals surface area contributed by atoms with E-state index in [1.165, 1.54) is 26.8 Å². The van der Waals surface area contributed by atoms with Gasteiger partial charge in [0.05, 0.1) is 17.4 Å². The van der Waals surface area contributed by atoms with Crippen LogP contribution in [0.2, 0.25) is 0 Å². The Kier molecular flexibility index (Phi) is 6.78. The van der Waals surface area contributed by atoms with E-state index in [0.717, 1.165) is 19.4 Å². The molecular weight excluding hydrogens is 380 g/mol. The predicted molar refractivity (Wildman–Crippen MR) is 111 cm³/mol. The summed E-state index contributed by atoms with van der Waals surface area (Å²) in [6.07, 6.45) is 3.67. The Labute approximate surface area is 167 Å². The maximum Gasteiger partial charge on any atom is 0.326 e. The lowest BCUT2D eigenvalue weighted by Crippen LogP contribution is -2.36. The molecule has 1 atom stereocenters. The third kappa shape index (κ3) is 5.26. The van der Waals surface area contributed by atoms with Crippen LogP contribution in [0.4, 0.5) is 0 Å². The van der Waals surface area contributed by atoms with Gasteiger partial charge < -0.3 is 15.5 Å². The first-order chi connectivity index (χ1) is 13.1. The van der Waals surface area contributed by atoms with E-state index >= 15 is 0 Å². The zero-order valence-corrected chi connectivity index (χ0v) is 16.8. The molecule has 0 spiro atoms. The molecule has 2 heterocycles. The third-order valence-corrected chi connectivity index (χ3v) is 6.68. The van der Waals surface area contributed by atoms with Gasteiger partial charge in [-0.05, 0) is 42.5 Å². The lowest BCUT2D eigenvalue weighted by atomic mass is 10.2. The number of methoxy groups -OCH3 is 1. The van der Waals surface area contributed by atoms with E-state index in [1.807, 2.05) is 6.07 Å². The zero-order valence-electron chi connectivity index (χ0n) is 15.2. The van der Waals surface area contributed by atoms with Crippen LogP contribution in [0.25, 0.3) is 10.4 Å². The molecule has 1 aromatic carbocycles. The minimum Gasteiger partial charge on any atom is -0.468 e. The minimum atomic E-state index is -0.397. The van der Waals surface area contributed by atoms with E-state index in [2.05, 4.69) is 45.4 Å². The van der Waals surface area contributed by atoms with Crippen LogP contribution in [0, 0.1) is 0 Å². The Balaban J connectivity index is 1.65. The number of nitrogens with zero attached hydrogens (tertiary/aromatic N) is 2. The van der Waals surface area contributed by atoms with Crippen molar-refractivity contribution < 1.29 is 9.53 Å². The number of esters is 1. The maximum atomic E-state index is 11.3. The van der Waals surface area contributed by atoms with E-state index in [1.54, 1.807) is 29.5 Å². The van der Waals surface area contributed by atoms with E-state index in [9.17, 15) is 4.79 Å². The maximum absolute atomic E-state index is 11.3. The van der Waals surface area contributed by atoms with Crippen molar-refractivity contribution in [3.05, 3.63) is 54.4 Å². The third-order valence-electron chi connectivity index (χ3n) is 4.29. The fourth-order valence-corrected chi connectivity index (χ4v) is 5.34. The highest BCUT2D eigenvalue weighted by Gasteiger charge is 2.28. The van der Waals surface area contributed by atoms with Crippen LogP contribution in [-0.4, -0.2) is 41.5 Å². The van der Waals surface area contributed by atoms with Gasteiger partial charge in [-0.15, -0.1) is 11.3 Å². The molecule has 0 aliphatic carbocycles. The number of ether oxygens (including phenoxy) is 1. The van der Waals surface area contributed by atoms with E-state index < -0.39 is 5.97 Å². The molecule has 6 nitrogen and oxygen atoms in total. The zero-order chi connectivity index (χ0) is 19.2. The molecule has 1 fully saturated rings. The fraction of sp³-hybridized carbons (Fsp3) is 0.316. The van der Waals surface area contributed by atoms with Crippen molar-refractivity contribution in [3.8, 4) is 10.4 Å². The Bertz CT molecular complexity index is 794. The molecule has 1 unspecified atom stereocenters. The average molecular weight is 405 g/mol. The SMILES string of the molecule is COC(=O)CN(N)/C=C(\N)C1CCCN1Sc1ccc(-c2ccccc2)s1. The van der Waals surface area contributed by atoms with Gasteiger partial charge in [-0.1, -0.05) is 30.3 Å². The van der Waals surface area contributed by atoms with Crippen molar-refractivity contribution in [1.82, 2.24) is 9.31 Å². The fourth-order valence-electron chi connectivity index (χ4n) is 2.96. The van der Waals surface area contributed by atoms with Crippen molar-refractivity contribution in [2.45, 2.75) is 23.1 Å². The second-order valence-electron chi connectivity index (χ2n) is 6.25. The van der Waals surface area contributed by atoms with Crippen LogP contribution in [0.15, 0.2) is 58.6 Å². The summed E-state index contributed by atoms with van der Waals surface area (Å²) in [5.41, 5.74) is 8.16. The van der Waals surface area contributed by atoms with Gasteiger partial charge in [0.1, 0.15) is 6.54 Å². The van der Waals surface area contributed by atoms with Crippen LogP contribution in [-0.2, 0) is 9.53 Å². The average Bonchev–Trinajstić information content (AvgIpc) is 3.32. The standard InChI is InChI=1S/C19H24N4O2S2/c1-25-18(24)13-22(21)12-15(20)16-8-5-11-23(16)27-19-10-9-17(26-19)14-6-3-2-4-7-14/h2-4,6-7,9-10,12,16H,5,8,11,13,20-21H2,1H3/b15-12-. The van der Waals surface area contributed by atoms with Crippen LogP contribution in [0.1, 0.15) is 12.8 Å². The second-order valence-corrected chi connectivity index (χ2v) is 8.69. The largest absolute Gasteiger partial charge is 0.468 e. The molecule has 27 heavy (non-hydrogen) atoms.